The molecule has 0 radical (unpaired) electrons. The summed E-state index contributed by atoms with van der Waals surface area (Å²) in [5.74, 6) is 0. The van der Waals surface area contributed by atoms with E-state index in [1.54, 1.807) is 24.3 Å². The maximum absolute atomic E-state index is 12.9. The first kappa shape index (κ1) is 26.5. The third kappa shape index (κ3) is 7.95. The van der Waals surface area contributed by atoms with E-state index in [4.69, 9.17) is 5.73 Å². The number of hydrogen-bond acceptors (Lipinski definition) is 3. The van der Waals surface area contributed by atoms with Crippen LogP contribution in [-0.2, 0) is 29.5 Å². The van der Waals surface area contributed by atoms with Gasteiger partial charge >= 0.3 is 19.5 Å². The Hall–Kier alpha value is -2.76. The molecule has 0 saturated heterocycles. The Balaban J connectivity index is 0.000000479. The molecule has 0 saturated carbocycles. The van der Waals surface area contributed by atoms with Gasteiger partial charge in [0.15, 0.2) is 0 Å². The van der Waals surface area contributed by atoms with Crippen molar-refractivity contribution in [3.8, 4) is 0 Å². The predicted molar refractivity (Wildman–Crippen MR) is 129 cm³/mol. The fourth-order valence-corrected chi connectivity index (χ4v) is 4.16. The zero-order valence-corrected chi connectivity index (χ0v) is 20.8. The number of nitrogens with one attached hydrogen (secondary N) is 1. The number of aryl methyl sites for hydroxylation is 1. The molecular weight excluding hydrogens is 517 g/mol. The number of hydrogen-bond donors (Lipinski definition) is 2. The summed E-state index contributed by atoms with van der Waals surface area (Å²) >= 11 is 0. The standard InChI is InChI=1S/C21H21N2O2S.C6H5.Ru/c1-16-12-14-19(15-13-16)26(24,25)23-21(18-10-6-3-7-11-18)20(22)17-8-4-2-5-9-17;1-2-4-6-5-3-1;/h2-15,20,23H,22H2,1H3;1-5H;/q2*-1;+2/t20-;;/m1../s1. The van der Waals surface area contributed by atoms with Gasteiger partial charge in [-0.1, -0.05) is 60.1 Å². The van der Waals surface area contributed by atoms with Crippen molar-refractivity contribution < 1.29 is 27.9 Å². The summed E-state index contributed by atoms with van der Waals surface area (Å²) in [4.78, 5) is 0.205. The Kier molecular flexibility index (Phi) is 10.5. The largest absolute Gasteiger partial charge is 2.00 e. The van der Waals surface area contributed by atoms with Crippen molar-refractivity contribution in [2.24, 2.45) is 5.73 Å². The van der Waals surface area contributed by atoms with Crippen LogP contribution in [0.1, 0.15) is 22.7 Å². The van der Waals surface area contributed by atoms with Crippen LogP contribution < -0.4 is 10.5 Å². The van der Waals surface area contributed by atoms with Crippen molar-refractivity contribution in [1.29, 1.82) is 0 Å². The third-order valence-corrected chi connectivity index (χ3v) is 6.12. The van der Waals surface area contributed by atoms with Crippen molar-refractivity contribution in [3.63, 3.8) is 0 Å². The number of nitrogens with two attached hydrogens (primary N) is 1. The number of sulfonamides is 1. The van der Waals surface area contributed by atoms with Gasteiger partial charge in [-0.15, -0.1) is 12.1 Å². The van der Waals surface area contributed by atoms with Crippen LogP contribution in [0.4, 0.5) is 0 Å². The van der Waals surface area contributed by atoms with Gasteiger partial charge in [-0.25, -0.2) is 13.1 Å². The van der Waals surface area contributed by atoms with Gasteiger partial charge in [0, 0.05) is 6.04 Å². The van der Waals surface area contributed by atoms with Gasteiger partial charge in [0.25, 0.3) is 0 Å². The third-order valence-electron chi connectivity index (χ3n) is 4.74. The zero-order chi connectivity index (χ0) is 22.8. The molecule has 0 unspecified atom stereocenters. The molecule has 4 nitrogen and oxygen atoms in total. The molecule has 170 valence electrons. The second-order valence-electron chi connectivity index (χ2n) is 7.16. The average molecular weight is 544 g/mol. The number of rotatable bonds is 6. The molecule has 0 aromatic heterocycles. The van der Waals surface area contributed by atoms with Gasteiger partial charge in [-0.3, -0.25) is 0 Å². The van der Waals surface area contributed by atoms with E-state index >= 15 is 0 Å². The molecule has 0 amide bonds. The average Bonchev–Trinajstić information content (AvgIpc) is 2.85. The molecule has 0 fully saturated rings. The smallest absolute Gasteiger partial charge is 0.329 e. The zero-order valence-electron chi connectivity index (χ0n) is 18.2. The van der Waals surface area contributed by atoms with E-state index in [1.807, 2.05) is 97.9 Å². The Morgan fingerprint density at radius 1 is 0.788 bits per heavy atom. The predicted octanol–water partition coefficient (Wildman–Crippen LogP) is 5.04. The summed E-state index contributed by atoms with van der Waals surface area (Å²) in [5.41, 5.74) is 8.98. The van der Waals surface area contributed by atoms with Crippen LogP contribution in [0, 0.1) is 19.0 Å². The van der Waals surface area contributed by atoms with Gasteiger partial charge in [0.1, 0.15) is 0 Å². The second-order valence-corrected chi connectivity index (χ2v) is 8.85. The van der Waals surface area contributed by atoms with Crippen molar-refractivity contribution in [2.45, 2.75) is 17.9 Å². The Labute approximate surface area is 209 Å². The van der Waals surface area contributed by atoms with Crippen molar-refractivity contribution in [3.05, 3.63) is 144 Å². The van der Waals surface area contributed by atoms with E-state index in [0.29, 0.717) is 6.04 Å². The summed E-state index contributed by atoms with van der Waals surface area (Å²) in [6, 6.07) is 37.8. The molecule has 0 aliphatic heterocycles. The number of benzene rings is 4. The maximum Gasteiger partial charge on any atom is 2.00 e. The van der Waals surface area contributed by atoms with Crippen LogP contribution in [0.5, 0.6) is 0 Å². The molecule has 4 rings (SSSR count). The van der Waals surface area contributed by atoms with E-state index < -0.39 is 16.1 Å². The van der Waals surface area contributed by atoms with Gasteiger partial charge in [-0.05, 0) is 24.6 Å². The maximum atomic E-state index is 12.9. The van der Waals surface area contributed by atoms with Crippen molar-refractivity contribution in [1.82, 2.24) is 4.72 Å². The first-order valence-corrected chi connectivity index (χ1v) is 11.7. The van der Waals surface area contributed by atoms with Crippen LogP contribution >= 0.6 is 0 Å². The Morgan fingerprint density at radius 2 is 1.30 bits per heavy atom. The van der Waals surface area contributed by atoms with Crippen LogP contribution in [0.3, 0.4) is 0 Å². The molecule has 0 aliphatic carbocycles. The molecule has 0 aliphatic rings. The molecule has 0 bridgehead atoms. The normalized spacial score (nSPS) is 11.3. The molecule has 0 spiro atoms. The van der Waals surface area contributed by atoms with E-state index in [1.165, 1.54) is 0 Å². The molecular formula is C27H26N2O2RuS. The van der Waals surface area contributed by atoms with Crippen molar-refractivity contribution in [2.75, 3.05) is 0 Å². The Bertz CT molecular complexity index is 1140. The van der Waals surface area contributed by atoms with E-state index in [0.717, 1.165) is 16.7 Å². The Morgan fingerprint density at radius 3 is 1.79 bits per heavy atom. The summed E-state index contributed by atoms with van der Waals surface area (Å²) in [6.07, 6.45) is 0. The molecule has 4 aromatic carbocycles. The van der Waals surface area contributed by atoms with Crippen LogP contribution in [0.2, 0.25) is 0 Å². The van der Waals surface area contributed by atoms with Crippen LogP contribution in [-0.4, -0.2) is 8.42 Å². The fourth-order valence-electron chi connectivity index (χ4n) is 3.01. The monoisotopic (exact) mass is 544 g/mol. The first-order chi connectivity index (χ1) is 15.5. The molecule has 0 heterocycles. The van der Waals surface area contributed by atoms with Gasteiger partial charge in [0.05, 0.1) is 4.90 Å². The topological polar surface area (TPSA) is 72.2 Å². The minimum atomic E-state index is -3.74. The second kappa shape index (κ2) is 13.1. The summed E-state index contributed by atoms with van der Waals surface area (Å²) in [5, 5.41) is 0. The fraction of sp³-hybridized carbons (Fsp3) is 0.0741. The van der Waals surface area contributed by atoms with E-state index in [9.17, 15) is 8.42 Å². The summed E-state index contributed by atoms with van der Waals surface area (Å²) in [6.45, 7) is 1.91. The minimum Gasteiger partial charge on any atom is -0.329 e. The summed E-state index contributed by atoms with van der Waals surface area (Å²) < 4.78 is 28.5. The quantitative estimate of drug-likeness (QED) is 0.265. The SMILES string of the molecule is Cc1ccc(S(=O)(=O)N[C-](c2ccccc2)[C@H](N)c2ccccc2)cc1.[Ru+2].[c-]1ccccc1. The van der Waals surface area contributed by atoms with Gasteiger partial charge in [0.2, 0.25) is 10.0 Å². The minimum absolute atomic E-state index is 0. The van der Waals surface area contributed by atoms with Gasteiger partial charge in [-0.2, -0.15) is 54.1 Å². The molecule has 33 heavy (non-hydrogen) atoms. The van der Waals surface area contributed by atoms with Gasteiger partial charge < -0.3 is 5.73 Å². The molecule has 6 heteroatoms. The van der Waals surface area contributed by atoms with Crippen molar-refractivity contribution >= 4 is 10.0 Å². The van der Waals surface area contributed by atoms with Crippen LogP contribution in [0.25, 0.3) is 0 Å². The molecule has 4 aromatic rings. The first-order valence-electron chi connectivity index (χ1n) is 10.2. The summed E-state index contributed by atoms with van der Waals surface area (Å²) in [7, 11) is -3.74. The van der Waals surface area contributed by atoms with E-state index in [2.05, 4.69) is 10.8 Å². The molecule has 3 N–H and O–H groups in total. The van der Waals surface area contributed by atoms with E-state index in [-0.39, 0.29) is 24.4 Å². The molecule has 1 atom stereocenters. The van der Waals surface area contributed by atoms with Crippen LogP contribution in [0.15, 0.2) is 120 Å².